The maximum Gasteiger partial charge on any atom is 0.241 e. The molecule has 1 aromatic carbocycles. The predicted molar refractivity (Wildman–Crippen MR) is 84.9 cm³/mol. The Morgan fingerprint density at radius 3 is 2.52 bits per heavy atom. The van der Waals surface area contributed by atoms with Crippen molar-refractivity contribution in [2.45, 2.75) is 70.1 Å². The van der Waals surface area contributed by atoms with Gasteiger partial charge in [0.15, 0.2) is 0 Å². The molecule has 1 saturated carbocycles. The standard InChI is InChI=1S/C18H26N2O/c1-2-17-19-16(13-14-9-5-3-6-10-14)18(21)20(17)15-11-7-4-8-12-15/h3,5-6,9-10,15-17,19H,2,4,7-8,11-13H2,1H3. The molecule has 2 aliphatic rings. The van der Waals surface area contributed by atoms with Crippen molar-refractivity contribution in [3.8, 4) is 0 Å². The molecule has 2 atom stereocenters. The zero-order valence-electron chi connectivity index (χ0n) is 12.9. The molecule has 1 heterocycles. The lowest BCUT2D eigenvalue weighted by atomic mass is 9.93. The van der Waals surface area contributed by atoms with Crippen LogP contribution in [-0.4, -0.2) is 29.1 Å². The van der Waals surface area contributed by atoms with E-state index in [4.69, 9.17) is 0 Å². The van der Waals surface area contributed by atoms with Crippen molar-refractivity contribution < 1.29 is 4.79 Å². The first-order valence-electron chi connectivity index (χ1n) is 8.41. The van der Waals surface area contributed by atoms with Crippen molar-refractivity contribution in [2.75, 3.05) is 0 Å². The van der Waals surface area contributed by atoms with E-state index in [0.717, 1.165) is 12.8 Å². The Kier molecular flexibility index (Phi) is 4.59. The summed E-state index contributed by atoms with van der Waals surface area (Å²) in [6.07, 6.45) is 8.27. The minimum Gasteiger partial charge on any atom is -0.323 e. The summed E-state index contributed by atoms with van der Waals surface area (Å²) in [5.41, 5.74) is 1.24. The molecule has 21 heavy (non-hydrogen) atoms. The van der Waals surface area contributed by atoms with Gasteiger partial charge in [-0.3, -0.25) is 10.1 Å². The molecule has 1 aromatic rings. The van der Waals surface area contributed by atoms with Crippen molar-refractivity contribution in [3.63, 3.8) is 0 Å². The summed E-state index contributed by atoms with van der Waals surface area (Å²) in [7, 11) is 0. The molecular formula is C18H26N2O. The summed E-state index contributed by atoms with van der Waals surface area (Å²) in [6, 6.07) is 10.8. The maximum atomic E-state index is 12.8. The molecule has 2 unspecified atom stereocenters. The van der Waals surface area contributed by atoms with Crippen molar-refractivity contribution in [1.29, 1.82) is 0 Å². The summed E-state index contributed by atoms with van der Waals surface area (Å²) >= 11 is 0. The Morgan fingerprint density at radius 2 is 1.86 bits per heavy atom. The Bertz CT molecular complexity index is 467. The van der Waals surface area contributed by atoms with E-state index >= 15 is 0 Å². The van der Waals surface area contributed by atoms with Crippen LogP contribution in [0, 0.1) is 0 Å². The molecule has 3 rings (SSSR count). The fourth-order valence-electron chi connectivity index (χ4n) is 3.82. The van der Waals surface area contributed by atoms with Crippen LogP contribution in [0.2, 0.25) is 0 Å². The Labute approximate surface area is 127 Å². The van der Waals surface area contributed by atoms with Crippen molar-refractivity contribution >= 4 is 5.91 Å². The minimum absolute atomic E-state index is 0.0423. The third-order valence-corrected chi connectivity index (χ3v) is 4.92. The normalized spacial score (nSPS) is 27.3. The van der Waals surface area contributed by atoms with Crippen molar-refractivity contribution in [3.05, 3.63) is 35.9 Å². The number of hydrogen-bond donors (Lipinski definition) is 1. The van der Waals surface area contributed by atoms with Gasteiger partial charge >= 0.3 is 0 Å². The first-order valence-corrected chi connectivity index (χ1v) is 8.41. The molecular weight excluding hydrogens is 260 g/mol. The number of carbonyl (C=O) groups is 1. The van der Waals surface area contributed by atoms with Crippen molar-refractivity contribution in [2.24, 2.45) is 0 Å². The Morgan fingerprint density at radius 1 is 1.14 bits per heavy atom. The highest BCUT2D eigenvalue weighted by Gasteiger charge is 2.41. The number of benzene rings is 1. The van der Waals surface area contributed by atoms with Crippen LogP contribution >= 0.6 is 0 Å². The van der Waals surface area contributed by atoms with Gasteiger partial charge in [-0.05, 0) is 31.2 Å². The molecule has 0 aromatic heterocycles. The lowest BCUT2D eigenvalue weighted by Crippen LogP contribution is -2.45. The molecule has 0 bridgehead atoms. The van der Waals surface area contributed by atoms with E-state index < -0.39 is 0 Å². The van der Waals surface area contributed by atoms with Crippen LogP contribution < -0.4 is 5.32 Å². The molecule has 1 aliphatic heterocycles. The minimum atomic E-state index is -0.0423. The molecule has 2 fully saturated rings. The van der Waals surface area contributed by atoms with Crippen LogP contribution in [-0.2, 0) is 11.2 Å². The average molecular weight is 286 g/mol. The van der Waals surface area contributed by atoms with Gasteiger partial charge in [0.25, 0.3) is 0 Å². The van der Waals surface area contributed by atoms with Gasteiger partial charge in [0.1, 0.15) is 0 Å². The van der Waals surface area contributed by atoms with Crippen LogP contribution in [0.15, 0.2) is 30.3 Å². The maximum absolute atomic E-state index is 12.8. The van der Waals surface area contributed by atoms with Gasteiger partial charge in [0.05, 0.1) is 12.2 Å². The number of rotatable bonds is 4. The summed E-state index contributed by atoms with van der Waals surface area (Å²) < 4.78 is 0. The number of carbonyl (C=O) groups excluding carboxylic acids is 1. The van der Waals surface area contributed by atoms with E-state index in [0.29, 0.717) is 11.9 Å². The largest absolute Gasteiger partial charge is 0.323 e. The van der Waals surface area contributed by atoms with Gasteiger partial charge in [-0.2, -0.15) is 0 Å². The van der Waals surface area contributed by atoms with Gasteiger partial charge in [0, 0.05) is 6.04 Å². The summed E-state index contributed by atoms with van der Waals surface area (Å²) in [4.78, 5) is 15.0. The van der Waals surface area contributed by atoms with E-state index in [1.807, 2.05) is 18.2 Å². The van der Waals surface area contributed by atoms with E-state index in [1.54, 1.807) is 0 Å². The van der Waals surface area contributed by atoms with Gasteiger partial charge in [-0.25, -0.2) is 0 Å². The highest BCUT2D eigenvalue weighted by Crippen LogP contribution is 2.28. The highest BCUT2D eigenvalue weighted by molar-refractivity contribution is 5.85. The Balaban J connectivity index is 1.71. The summed E-state index contributed by atoms with van der Waals surface area (Å²) in [5, 5.41) is 3.56. The van der Waals surface area contributed by atoms with Gasteiger partial charge in [-0.1, -0.05) is 56.5 Å². The van der Waals surface area contributed by atoms with E-state index in [-0.39, 0.29) is 12.2 Å². The molecule has 0 radical (unpaired) electrons. The fraction of sp³-hybridized carbons (Fsp3) is 0.611. The molecule has 1 N–H and O–H groups in total. The lowest BCUT2D eigenvalue weighted by Gasteiger charge is -2.34. The van der Waals surface area contributed by atoms with E-state index in [2.05, 4.69) is 29.3 Å². The monoisotopic (exact) mass is 286 g/mol. The number of amides is 1. The van der Waals surface area contributed by atoms with Crippen LogP contribution in [0.3, 0.4) is 0 Å². The number of nitrogens with zero attached hydrogens (tertiary/aromatic N) is 1. The zero-order valence-corrected chi connectivity index (χ0v) is 12.9. The molecule has 114 valence electrons. The second-order valence-electron chi connectivity index (χ2n) is 6.37. The second kappa shape index (κ2) is 6.61. The smallest absolute Gasteiger partial charge is 0.241 e. The van der Waals surface area contributed by atoms with Crippen LogP contribution in [0.4, 0.5) is 0 Å². The van der Waals surface area contributed by atoms with Crippen LogP contribution in [0.25, 0.3) is 0 Å². The first-order chi connectivity index (χ1) is 10.3. The van der Waals surface area contributed by atoms with Gasteiger partial charge in [0.2, 0.25) is 5.91 Å². The van der Waals surface area contributed by atoms with Gasteiger partial charge < -0.3 is 4.90 Å². The Hall–Kier alpha value is -1.35. The fourth-order valence-corrected chi connectivity index (χ4v) is 3.82. The molecule has 3 heteroatoms. The quantitative estimate of drug-likeness (QED) is 0.922. The van der Waals surface area contributed by atoms with Crippen LogP contribution in [0.5, 0.6) is 0 Å². The third-order valence-electron chi connectivity index (χ3n) is 4.92. The molecule has 1 saturated heterocycles. The van der Waals surface area contributed by atoms with Crippen molar-refractivity contribution in [1.82, 2.24) is 10.2 Å². The zero-order chi connectivity index (χ0) is 14.7. The topological polar surface area (TPSA) is 32.3 Å². The summed E-state index contributed by atoms with van der Waals surface area (Å²) in [5.74, 6) is 0.317. The lowest BCUT2D eigenvalue weighted by molar-refractivity contribution is -0.133. The highest BCUT2D eigenvalue weighted by atomic mass is 16.2. The predicted octanol–water partition coefficient (Wildman–Crippen LogP) is 3.10. The number of nitrogens with one attached hydrogen (secondary N) is 1. The van der Waals surface area contributed by atoms with Crippen LogP contribution in [0.1, 0.15) is 51.0 Å². The molecule has 1 aliphatic carbocycles. The third kappa shape index (κ3) is 3.13. The molecule has 1 amide bonds. The van der Waals surface area contributed by atoms with E-state index in [9.17, 15) is 4.79 Å². The molecule has 3 nitrogen and oxygen atoms in total. The summed E-state index contributed by atoms with van der Waals surface area (Å²) in [6.45, 7) is 2.17. The molecule has 0 spiro atoms. The average Bonchev–Trinajstić information content (AvgIpc) is 2.85. The number of hydrogen-bond acceptors (Lipinski definition) is 2. The SMILES string of the molecule is CCC1NC(Cc2ccccc2)C(=O)N1C1CCCCC1. The van der Waals surface area contributed by atoms with Gasteiger partial charge in [-0.15, -0.1) is 0 Å². The second-order valence-corrected chi connectivity index (χ2v) is 6.37. The first kappa shape index (κ1) is 14.6. The van der Waals surface area contributed by atoms with E-state index in [1.165, 1.54) is 37.7 Å².